The van der Waals surface area contributed by atoms with E-state index in [1.165, 1.54) is 0 Å². The number of rotatable bonds is 4. The van der Waals surface area contributed by atoms with Gasteiger partial charge in [0, 0.05) is 24.2 Å². The van der Waals surface area contributed by atoms with Crippen molar-refractivity contribution in [1.82, 2.24) is 0 Å². The Balaban J connectivity index is 1.90. The molecule has 0 aliphatic carbocycles. The summed E-state index contributed by atoms with van der Waals surface area (Å²) >= 11 is 0. The van der Waals surface area contributed by atoms with Crippen molar-refractivity contribution in [2.45, 2.75) is 27.4 Å². The van der Waals surface area contributed by atoms with E-state index in [0.29, 0.717) is 18.8 Å². The largest absolute Gasteiger partial charge is 0.493 e. The summed E-state index contributed by atoms with van der Waals surface area (Å²) in [5, 5.41) is 0. The molecule has 0 amide bonds. The van der Waals surface area contributed by atoms with Gasteiger partial charge in [0.25, 0.3) is 0 Å². The fourth-order valence-corrected chi connectivity index (χ4v) is 1.93. The van der Waals surface area contributed by atoms with E-state index in [9.17, 15) is 4.79 Å². The minimum absolute atomic E-state index is 0.0627. The molecule has 0 N–H and O–H groups in total. The van der Waals surface area contributed by atoms with Crippen molar-refractivity contribution in [2.24, 2.45) is 5.41 Å². The first-order chi connectivity index (χ1) is 9.87. The summed E-state index contributed by atoms with van der Waals surface area (Å²) in [5.41, 5.74) is 2.36. The van der Waals surface area contributed by atoms with E-state index in [4.69, 9.17) is 14.0 Å². The molecule has 0 unspecified atom stereocenters. The van der Waals surface area contributed by atoms with Crippen molar-refractivity contribution < 1.29 is 18.8 Å². The van der Waals surface area contributed by atoms with Crippen LogP contribution < -0.4 is 5.46 Å². The zero-order valence-corrected chi connectivity index (χ0v) is 12.8. The van der Waals surface area contributed by atoms with Crippen LogP contribution in [0.5, 0.6) is 0 Å². The molecule has 1 aliphatic rings. The molecule has 1 aromatic carbocycles. The fraction of sp³-hybridized carbons (Fsp3) is 0.438. The second-order valence-corrected chi connectivity index (χ2v) is 6.22. The average molecular weight is 288 g/mol. The van der Waals surface area contributed by atoms with Gasteiger partial charge < -0.3 is 14.0 Å². The number of carbonyl (C=O) groups is 1. The van der Waals surface area contributed by atoms with Gasteiger partial charge in [0.1, 0.15) is 6.61 Å². The normalized spacial score (nSPS) is 17.4. The Morgan fingerprint density at radius 1 is 1.29 bits per heavy atom. The van der Waals surface area contributed by atoms with Crippen LogP contribution in [0.3, 0.4) is 0 Å². The van der Waals surface area contributed by atoms with Crippen LogP contribution in [0.25, 0.3) is 0 Å². The highest BCUT2D eigenvalue weighted by Gasteiger charge is 2.33. The van der Waals surface area contributed by atoms with Crippen LogP contribution in [0, 0.1) is 5.41 Å². The van der Waals surface area contributed by atoms with Crippen molar-refractivity contribution >= 4 is 18.6 Å². The maximum absolute atomic E-state index is 11.3. The molecule has 112 valence electrons. The molecule has 4 nitrogen and oxygen atoms in total. The molecular weight excluding hydrogens is 267 g/mol. The summed E-state index contributed by atoms with van der Waals surface area (Å²) in [6.45, 7) is 11.0. The first-order valence-corrected chi connectivity index (χ1v) is 7.02. The van der Waals surface area contributed by atoms with Crippen LogP contribution >= 0.6 is 0 Å². The van der Waals surface area contributed by atoms with Crippen LogP contribution in [0.1, 0.15) is 26.3 Å². The fourth-order valence-electron chi connectivity index (χ4n) is 1.93. The Labute approximate surface area is 126 Å². The summed E-state index contributed by atoms with van der Waals surface area (Å²) < 4.78 is 16.6. The number of carbonyl (C=O) groups excluding carboxylic acids is 1. The van der Waals surface area contributed by atoms with Crippen molar-refractivity contribution in [3.05, 3.63) is 42.0 Å². The average Bonchev–Trinajstić information content (AvgIpc) is 2.45. The van der Waals surface area contributed by atoms with Gasteiger partial charge in [0.15, 0.2) is 0 Å². The van der Waals surface area contributed by atoms with E-state index in [0.717, 1.165) is 11.0 Å². The Bertz CT molecular complexity index is 512. The third kappa shape index (κ3) is 4.44. The van der Waals surface area contributed by atoms with E-state index < -0.39 is 0 Å². The SMILES string of the molecule is C=C(C)C(=O)OCc1ccc(B2OCC(C)(C)CO2)cc1. The van der Waals surface area contributed by atoms with E-state index in [1.54, 1.807) is 6.92 Å². The second-order valence-electron chi connectivity index (χ2n) is 6.22. The first kappa shape index (κ1) is 15.8. The van der Waals surface area contributed by atoms with Gasteiger partial charge in [-0.2, -0.15) is 0 Å². The molecule has 0 saturated carbocycles. The first-order valence-electron chi connectivity index (χ1n) is 7.02. The maximum Gasteiger partial charge on any atom is 0.493 e. The van der Waals surface area contributed by atoms with E-state index in [-0.39, 0.29) is 25.1 Å². The lowest BCUT2D eigenvalue weighted by Crippen LogP contribution is -2.47. The smallest absolute Gasteiger partial charge is 0.457 e. The minimum Gasteiger partial charge on any atom is -0.457 e. The molecule has 1 fully saturated rings. The highest BCUT2D eigenvalue weighted by Crippen LogP contribution is 2.21. The van der Waals surface area contributed by atoms with Crippen molar-refractivity contribution in [3.63, 3.8) is 0 Å². The standard InChI is InChI=1S/C16H21BO4/c1-12(2)15(18)19-9-13-5-7-14(8-6-13)17-20-10-16(3,4)11-21-17/h5-8H,1,9-11H2,2-4H3. The maximum atomic E-state index is 11.3. The molecule has 2 rings (SSSR count). The molecule has 1 saturated heterocycles. The van der Waals surface area contributed by atoms with Gasteiger partial charge in [0.2, 0.25) is 0 Å². The number of benzene rings is 1. The second kappa shape index (κ2) is 6.45. The van der Waals surface area contributed by atoms with Crippen molar-refractivity contribution in [3.8, 4) is 0 Å². The Kier molecular flexibility index (Phi) is 4.86. The van der Waals surface area contributed by atoms with E-state index in [1.807, 2.05) is 24.3 Å². The van der Waals surface area contributed by atoms with Crippen molar-refractivity contribution in [2.75, 3.05) is 13.2 Å². The Morgan fingerprint density at radius 3 is 2.38 bits per heavy atom. The lowest BCUT2D eigenvalue weighted by molar-refractivity contribution is -0.140. The molecule has 0 spiro atoms. The summed E-state index contributed by atoms with van der Waals surface area (Å²) in [6.07, 6.45) is 0. The number of esters is 1. The highest BCUT2D eigenvalue weighted by molar-refractivity contribution is 6.61. The lowest BCUT2D eigenvalue weighted by atomic mass is 9.76. The summed E-state index contributed by atoms with van der Waals surface area (Å²) in [6, 6.07) is 7.70. The van der Waals surface area contributed by atoms with Gasteiger partial charge in [-0.05, 0) is 17.9 Å². The molecule has 1 heterocycles. The van der Waals surface area contributed by atoms with Crippen LogP contribution in [0.15, 0.2) is 36.4 Å². The zero-order chi connectivity index (χ0) is 15.5. The molecular formula is C16H21BO4. The van der Waals surface area contributed by atoms with Gasteiger partial charge in [-0.3, -0.25) is 0 Å². The van der Waals surface area contributed by atoms with E-state index in [2.05, 4.69) is 20.4 Å². The lowest BCUT2D eigenvalue weighted by Gasteiger charge is -2.33. The monoisotopic (exact) mass is 288 g/mol. The molecule has 21 heavy (non-hydrogen) atoms. The van der Waals surface area contributed by atoms with Crippen LogP contribution in [-0.4, -0.2) is 26.3 Å². The molecule has 1 aromatic rings. The van der Waals surface area contributed by atoms with Gasteiger partial charge in [-0.15, -0.1) is 0 Å². The van der Waals surface area contributed by atoms with Gasteiger partial charge in [0.05, 0.1) is 0 Å². The predicted octanol–water partition coefficient (Wildman–Crippen LogP) is 2.07. The van der Waals surface area contributed by atoms with E-state index >= 15 is 0 Å². The highest BCUT2D eigenvalue weighted by atomic mass is 16.6. The molecule has 0 radical (unpaired) electrons. The molecule has 0 bridgehead atoms. The van der Waals surface area contributed by atoms with Crippen LogP contribution in [-0.2, 0) is 25.4 Å². The number of hydrogen-bond donors (Lipinski definition) is 0. The number of hydrogen-bond acceptors (Lipinski definition) is 4. The third-order valence-corrected chi connectivity index (χ3v) is 3.22. The van der Waals surface area contributed by atoms with Crippen LogP contribution in [0.4, 0.5) is 0 Å². The summed E-state index contributed by atoms with van der Waals surface area (Å²) in [4.78, 5) is 11.3. The zero-order valence-electron chi connectivity index (χ0n) is 12.8. The molecule has 0 atom stereocenters. The van der Waals surface area contributed by atoms with Gasteiger partial charge in [-0.25, -0.2) is 4.79 Å². The quantitative estimate of drug-likeness (QED) is 0.483. The summed E-state index contributed by atoms with van der Waals surface area (Å²) in [5.74, 6) is -0.375. The third-order valence-electron chi connectivity index (χ3n) is 3.22. The van der Waals surface area contributed by atoms with Gasteiger partial charge >= 0.3 is 13.1 Å². The number of ether oxygens (including phenoxy) is 1. The molecule has 5 heteroatoms. The minimum atomic E-state index is -0.375. The Hall–Kier alpha value is -1.59. The molecule has 1 aliphatic heterocycles. The Morgan fingerprint density at radius 2 is 1.86 bits per heavy atom. The predicted molar refractivity (Wildman–Crippen MR) is 82.1 cm³/mol. The van der Waals surface area contributed by atoms with Crippen molar-refractivity contribution in [1.29, 1.82) is 0 Å². The molecule has 0 aromatic heterocycles. The topological polar surface area (TPSA) is 44.8 Å². The van der Waals surface area contributed by atoms with Gasteiger partial charge in [-0.1, -0.05) is 44.7 Å². The van der Waals surface area contributed by atoms with Crippen LogP contribution in [0.2, 0.25) is 0 Å². The summed E-state index contributed by atoms with van der Waals surface area (Å²) in [7, 11) is -0.315.